The molecule has 1 N–H and O–H groups in total. The molecule has 0 fully saturated rings. The van der Waals surface area contributed by atoms with E-state index >= 15 is 0 Å². The van der Waals surface area contributed by atoms with Crippen LogP contribution in [0, 0.1) is 0 Å². The fraction of sp³-hybridized carbons (Fsp3) is 0.227. The van der Waals surface area contributed by atoms with E-state index in [4.69, 9.17) is 11.6 Å². The molecule has 2 heterocycles. The molecule has 0 spiro atoms. The molecule has 0 saturated carbocycles. The maximum absolute atomic E-state index is 13.1. The lowest BCUT2D eigenvalue weighted by atomic mass is 10.2. The second-order valence-electron chi connectivity index (χ2n) is 7.17. The Labute approximate surface area is 182 Å². The third-order valence-electron chi connectivity index (χ3n) is 4.95. The molecule has 2 aromatic carbocycles. The summed E-state index contributed by atoms with van der Waals surface area (Å²) in [6.45, 7) is 2.55. The number of nitrogens with zero attached hydrogens (tertiary/aromatic N) is 4. The summed E-state index contributed by atoms with van der Waals surface area (Å²) in [5.41, 5.74) is 0.588. The van der Waals surface area contributed by atoms with Crippen LogP contribution in [0.25, 0.3) is 21.8 Å². The Hall–Kier alpha value is -3.52. The van der Waals surface area contributed by atoms with Crippen molar-refractivity contribution in [2.75, 3.05) is 6.54 Å². The van der Waals surface area contributed by atoms with E-state index < -0.39 is 0 Å². The van der Waals surface area contributed by atoms with Crippen molar-refractivity contribution in [1.29, 1.82) is 0 Å². The average Bonchev–Trinajstić information content (AvgIpc) is 2.75. The summed E-state index contributed by atoms with van der Waals surface area (Å²) in [5, 5.41) is 5.55. The van der Waals surface area contributed by atoms with Crippen LogP contribution in [-0.4, -0.2) is 37.1 Å². The maximum Gasteiger partial charge on any atom is 0.258 e. The van der Waals surface area contributed by atoms with Crippen molar-refractivity contribution in [2.24, 2.45) is 0 Å². The van der Waals surface area contributed by atoms with Crippen LogP contribution >= 0.6 is 11.6 Å². The van der Waals surface area contributed by atoms with Gasteiger partial charge in [-0.3, -0.25) is 19.1 Å². The summed E-state index contributed by atoms with van der Waals surface area (Å²) >= 11 is 6.03. The van der Waals surface area contributed by atoms with Gasteiger partial charge in [0.1, 0.15) is 12.4 Å². The van der Waals surface area contributed by atoms with Crippen molar-refractivity contribution in [1.82, 2.24) is 24.6 Å². The number of hydrogen-bond donors (Lipinski definition) is 1. The third-order valence-corrected chi connectivity index (χ3v) is 5.19. The van der Waals surface area contributed by atoms with Gasteiger partial charge in [0.2, 0.25) is 11.3 Å². The predicted molar refractivity (Wildman–Crippen MR) is 119 cm³/mol. The number of hydrogen-bond acceptors (Lipinski definition) is 5. The van der Waals surface area contributed by atoms with Crippen LogP contribution in [0.3, 0.4) is 0 Å². The van der Waals surface area contributed by atoms with E-state index in [2.05, 4.69) is 15.1 Å². The van der Waals surface area contributed by atoms with E-state index in [0.29, 0.717) is 39.2 Å². The van der Waals surface area contributed by atoms with Gasteiger partial charge in [-0.2, -0.15) is 5.10 Å². The minimum atomic E-state index is -0.284. The van der Waals surface area contributed by atoms with E-state index in [1.54, 1.807) is 47.4 Å². The summed E-state index contributed by atoms with van der Waals surface area (Å²) in [6.07, 6.45) is 1.94. The third kappa shape index (κ3) is 4.34. The van der Waals surface area contributed by atoms with E-state index in [1.165, 1.54) is 10.9 Å². The maximum atomic E-state index is 13.1. The number of H-pyrrole nitrogens is 1. The van der Waals surface area contributed by atoms with Gasteiger partial charge in [-0.15, -0.1) is 0 Å². The fourth-order valence-corrected chi connectivity index (χ4v) is 3.66. The number of aromatic nitrogens is 4. The Balaban J connectivity index is 1.63. The Morgan fingerprint density at radius 3 is 2.77 bits per heavy atom. The first-order chi connectivity index (χ1) is 15.0. The number of amides is 1. The predicted octanol–water partition coefficient (Wildman–Crippen LogP) is 2.73. The van der Waals surface area contributed by atoms with Crippen LogP contribution in [0.5, 0.6) is 0 Å². The zero-order chi connectivity index (χ0) is 22.0. The Morgan fingerprint density at radius 2 is 1.97 bits per heavy atom. The van der Waals surface area contributed by atoms with E-state index in [-0.39, 0.29) is 30.0 Å². The summed E-state index contributed by atoms with van der Waals surface area (Å²) < 4.78 is 1.51. The van der Waals surface area contributed by atoms with Crippen molar-refractivity contribution >= 4 is 39.3 Å². The number of nitrogens with one attached hydrogen (secondary N) is 1. The highest BCUT2D eigenvalue weighted by molar-refractivity contribution is 6.31. The molecule has 4 rings (SSSR count). The van der Waals surface area contributed by atoms with Crippen LogP contribution < -0.4 is 11.0 Å². The van der Waals surface area contributed by atoms with Gasteiger partial charge in [0.15, 0.2) is 0 Å². The lowest BCUT2D eigenvalue weighted by Crippen LogP contribution is -2.36. The molecule has 2 aromatic heterocycles. The van der Waals surface area contributed by atoms with E-state index in [1.807, 2.05) is 6.92 Å². The molecule has 0 bridgehead atoms. The number of carbonyl (C=O) groups is 1. The van der Waals surface area contributed by atoms with E-state index in [9.17, 15) is 14.4 Å². The monoisotopic (exact) mass is 437 g/mol. The normalized spacial score (nSPS) is 11.2. The smallest absolute Gasteiger partial charge is 0.258 e. The van der Waals surface area contributed by atoms with Crippen LogP contribution in [0.2, 0.25) is 5.02 Å². The zero-order valence-corrected chi connectivity index (χ0v) is 17.6. The molecule has 31 heavy (non-hydrogen) atoms. The van der Waals surface area contributed by atoms with Gasteiger partial charge in [-0.1, -0.05) is 30.7 Å². The van der Waals surface area contributed by atoms with Gasteiger partial charge in [-0.05, 0) is 36.8 Å². The summed E-state index contributed by atoms with van der Waals surface area (Å²) in [6, 6.07) is 11.9. The molecule has 0 radical (unpaired) electrons. The summed E-state index contributed by atoms with van der Waals surface area (Å²) in [7, 11) is 0. The second-order valence-corrected chi connectivity index (χ2v) is 7.61. The molecule has 0 saturated heterocycles. The number of halogens is 1. The number of para-hydroxylation sites is 1. The van der Waals surface area contributed by atoms with Gasteiger partial charge >= 0.3 is 0 Å². The SMILES string of the molecule is CCCN(Cc1nc2cc(Cl)ccc2c(=O)[nH]1)C(=O)Cn1ncc(=O)c2ccccc21. The first-order valence-corrected chi connectivity index (χ1v) is 10.2. The number of rotatable bonds is 6. The Morgan fingerprint density at radius 1 is 1.16 bits per heavy atom. The molecule has 4 aromatic rings. The summed E-state index contributed by atoms with van der Waals surface area (Å²) in [4.78, 5) is 46.4. The average molecular weight is 438 g/mol. The van der Waals surface area contributed by atoms with Gasteiger partial charge < -0.3 is 9.88 Å². The highest BCUT2D eigenvalue weighted by atomic mass is 35.5. The van der Waals surface area contributed by atoms with Crippen molar-refractivity contribution < 1.29 is 4.79 Å². The van der Waals surface area contributed by atoms with Crippen molar-refractivity contribution in [3.05, 3.63) is 80.1 Å². The molecule has 0 unspecified atom stereocenters. The number of aromatic amines is 1. The van der Waals surface area contributed by atoms with Crippen molar-refractivity contribution in [3.63, 3.8) is 0 Å². The topological polar surface area (TPSA) is 101 Å². The van der Waals surface area contributed by atoms with Gasteiger partial charge in [0, 0.05) is 17.0 Å². The lowest BCUT2D eigenvalue weighted by molar-refractivity contribution is -0.132. The minimum Gasteiger partial charge on any atom is -0.334 e. The van der Waals surface area contributed by atoms with Crippen molar-refractivity contribution in [2.45, 2.75) is 26.4 Å². The van der Waals surface area contributed by atoms with Gasteiger partial charge in [-0.25, -0.2) is 4.98 Å². The largest absolute Gasteiger partial charge is 0.334 e. The summed E-state index contributed by atoms with van der Waals surface area (Å²) in [5.74, 6) is 0.177. The molecular weight excluding hydrogens is 418 g/mol. The molecule has 158 valence electrons. The molecule has 0 aliphatic carbocycles. The van der Waals surface area contributed by atoms with Crippen LogP contribution in [0.15, 0.2) is 58.3 Å². The van der Waals surface area contributed by atoms with Gasteiger partial charge in [0.05, 0.1) is 29.2 Å². The fourth-order valence-electron chi connectivity index (χ4n) is 3.49. The number of benzene rings is 2. The first-order valence-electron chi connectivity index (χ1n) is 9.87. The first kappa shape index (κ1) is 20.7. The van der Waals surface area contributed by atoms with Gasteiger partial charge in [0.25, 0.3) is 5.56 Å². The lowest BCUT2D eigenvalue weighted by Gasteiger charge is -2.22. The van der Waals surface area contributed by atoms with Crippen LogP contribution in [-0.2, 0) is 17.9 Å². The van der Waals surface area contributed by atoms with Crippen LogP contribution in [0.4, 0.5) is 0 Å². The Bertz CT molecular complexity index is 1400. The molecule has 0 aliphatic rings. The molecular formula is C22H20ClN5O3. The zero-order valence-electron chi connectivity index (χ0n) is 16.8. The molecule has 0 atom stereocenters. The molecule has 1 amide bonds. The number of carbonyl (C=O) groups excluding carboxylic acids is 1. The number of fused-ring (bicyclic) bond motifs is 2. The highest BCUT2D eigenvalue weighted by Gasteiger charge is 2.17. The minimum absolute atomic E-state index is 0.0373. The molecule has 9 heteroatoms. The quantitative estimate of drug-likeness (QED) is 0.499. The molecule has 0 aliphatic heterocycles. The molecule has 8 nitrogen and oxygen atoms in total. The standard InChI is InChI=1S/C22H20ClN5O3/c1-2-9-27(12-20-25-17-10-14(23)7-8-15(17)22(31)26-20)21(30)13-28-18-6-4-3-5-16(18)19(29)11-24-28/h3-8,10-11H,2,9,12-13H2,1H3,(H,25,26,31). The second kappa shape index (κ2) is 8.69. The Kier molecular flexibility index (Phi) is 5.81. The van der Waals surface area contributed by atoms with Crippen LogP contribution in [0.1, 0.15) is 19.2 Å². The van der Waals surface area contributed by atoms with Crippen molar-refractivity contribution in [3.8, 4) is 0 Å². The highest BCUT2D eigenvalue weighted by Crippen LogP contribution is 2.15. The van der Waals surface area contributed by atoms with E-state index in [0.717, 1.165) is 6.42 Å².